The summed E-state index contributed by atoms with van der Waals surface area (Å²) in [6.45, 7) is 0.430. The topological polar surface area (TPSA) is 69.9 Å². The summed E-state index contributed by atoms with van der Waals surface area (Å²) in [5, 5.41) is 0. The summed E-state index contributed by atoms with van der Waals surface area (Å²) in [7, 11) is 0. The molecule has 1 saturated carbocycles. The molecule has 0 aliphatic heterocycles. The highest BCUT2D eigenvalue weighted by atomic mass is 32.2. The van der Waals surface area contributed by atoms with E-state index in [1.807, 2.05) is 67.2 Å². The lowest BCUT2D eigenvalue weighted by Gasteiger charge is -2.12. The van der Waals surface area contributed by atoms with Crippen molar-refractivity contribution >= 4 is 11.8 Å². The van der Waals surface area contributed by atoms with E-state index in [-0.39, 0.29) is 5.56 Å². The molecule has 6 nitrogen and oxygen atoms in total. The fourth-order valence-electron chi connectivity index (χ4n) is 4.84. The van der Waals surface area contributed by atoms with Crippen molar-refractivity contribution in [1.29, 1.82) is 0 Å². The second kappa shape index (κ2) is 11.5. The maximum Gasteiger partial charge on any atom is 0.258 e. The molecule has 0 radical (unpaired) electrons. The van der Waals surface area contributed by atoms with Gasteiger partial charge in [-0.25, -0.2) is 9.97 Å². The second-order valence-electron chi connectivity index (χ2n) is 9.35. The van der Waals surface area contributed by atoms with Gasteiger partial charge in [-0.15, -0.1) is 11.8 Å². The predicted molar refractivity (Wildman–Crippen MR) is 143 cm³/mol. The first kappa shape index (κ1) is 24.3. The predicted octanol–water partition coefficient (Wildman–Crippen LogP) is 5.52. The Balaban J connectivity index is 1.15. The van der Waals surface area contributed by atoms with E-state index in [1.54, 1.807) is 28.7 Å². The summed E-state index contributed by atoms with van der Waals surface area (Å²) in [5.41, 5.74) is 2.75. The smallest absolute Gasteiger partial charge is 0.258 e. The third-order valence-corrected chi connectivity index (χ3v) is 7.45. The van der Waals surface area contributed by atoms with Gasteiger partial charge in [0.25, 0.3) is 5.56 Å². The molecular weight excluding hydrogens is 468 g/mol. The average Bonchev–Trinajstić information content (AvgIpc) is 3.35. The molecule has 3 aromatic heterocycles. The molecule has 0 saturated heterocycles. The van der Waals surface area contributed by atoms with Gasteiger partial charge in [0.1, 0.15) is 18.2 Å². The maximum atomic E-state index is 12.7. The normalized spacial score (nSPS) is 17.2. The molecular formula is C29H30N4O2S. The zero-order valence-corrected chi connectivity index (χ0v) is 21.2. The molecule has 5 rings (SSSR count). The number of hydrogen-bond acceptors (Lipinski definition) is 6. The molecule has 2 atom stereocenters. The molecule has 0 bridgehead atoms. The Morgan fingerprint density at radius 3 is 2.42 bits per heavy atom. The van der Waals surface area contributed by atoms with Crippen LogP contribution in [0.2, 0.25) is 0 Å². The summed E-state index contributed by atoms with van der Waals surface area (Å²) in [6.07, 6.45) is 14.9. The van der Waals surface area contributed by atoms with Gasteiger partial charge in [-0.3, -0.25) is 14.3 Å². The first-order valence-electron chi connectivity index (χ1n) is 12.4. The van der Waals surface area contributed by atoms with Crippen LogP contribution in [0.3, 0.4) is 0 Å². The van der Waals surface area contributed by atoms with E-state index in [4.69, 9.17) is 4.74 Å². The van der Waals surface area contributed by atoms with Crippen molar-refractivity contribution in [1.82, 2.24) is 19.5 Å². The lowest BCUT2D eigenvalue weighted by molar-refractivity contribution is 0.305. The SMILES string of the molecule is CSc1cnc(C[C@H]2CC[C@H](Cc3ccc(-n4ccc(OCc5ccccc5)cc4=O)cn3)C2)nc1. The Labute approximate surface area is 215 Å². The molecule has 1 aliphatic rings. The Morgan fingerprint density at radius 1 is 0.944 bits per heavy atom. The lowest BCUT2D eigenvalue weighted by atomic mass is 9.97. The van der Waals surface area contributed by atoms with E-state index in [0.717, 1.165) is 40.5 Å². The molecule has 3 heterocycles. The molecule has 7 heteroatoms. The van der Waals surface area contributed by atoms with Crippen LogP contribution < -0.4 is 10.3 Å². The molecule has 0 N–H and O–H groups in total. The van der Waals surface area contributed by atoms with Gasteiger partial charge in [-0.1, -0.05) is 30.3 Å². The van der Waals surface area contributed by atoms with Crippen LogP contribution in [0.15, 0.2) is 89.1 Å². The zero-order chi connectivity index (χ0) is 24.7. The fraction of sp³-hybridized carbons (Fsp3) is 0.310. The van der Waals surface area contributed by atoms with Crippen molar-refractivity contribution in [2.24, 2.45) is 11.8 Å². The Hall–Kier alpha value is -3.45. The van der Waals surface area contributed by atoms with Crippen LogP contribution in [0.25, 0.3) is 5.69 Å². The van der Waals surface area contributed by atoms with Crippen LogP contribution in [-0.2, 0) is 19.4 Å². The van der Waals surface area contributed by atoms with Gasteiger partial charge in [0, 0.05) is 41.7 Å². The number of hydrogen-bond donors (Lipinski definition) is 0. The highest BCUT2D eigenvalue weighted by molar-refractivity contribution is 7.98. The molecule has 0 spiro atoms. The van der Waals surface area contributed by atoms with Crippen LogP contribution >= 0.6 is 11.8 Å². The monoisotopic (exact) mass is 498 g/mol. The first-order chi connectivity index (χ1) is 17.7. The van der Waals surface area contributed by atoms with Gasteiger partial charge >= 0.3 is 0 Å². The molecule has 0 amide bonds. The summed E-state index contributed by atoms with van der Waals surface area (Å²) in [6, 6.07) is 17.3. The zero-order valence-electron chi connectivity index (χ0n) is 20.4. The van der Waals surface area contributed by atoms with Crippen LogP contribution in [0, 0.1) is 11.8 Å². The fourth-order valence-corrected chi connectivity index (χ4v) is 5.16. The number of thioether (sulfide) groups is 1. The van der Waals surface area contributed by atoms with Gasteiger partial charge in [0.05, 0.1) is 11.9 Å². The maximum absolute atomic E-state index is 12.7. The molecule has 36 heavy (non-hydrogen) atoms. The molecule has 1 aliphatic carbocycles. The van der Waals surface area contributed by atoms with E-state index in [1.165, 1.54) is 25.3 Å². The molecule has 184 valence electrons. The number of nitrogens with zero attached hydrogens (tertiary/aromatic N) is 4. The summed E-state index contributed by atoms with van der Waals surface area (Å²) in [4.78, 5) is 27.5. The van der Waals surface area contributed by atoms with Gasteiger partial charge in [-0.2, -0.15) is 0 Å². The Bertz CT molecular complexity index is 1320. The third kappa shape index (κ3) is 6.21. The minimum atomic E-state index is -0.137. The Kier molecular flexibility index (Phi) is 7.76. The number of rotatable bonds is 9. The molecule has 1 fully saturated rings. The van der Waals surface area contributed by atoms with Crippen molar-refractivity contribution in [2.75, 3.05) is 6.26 Å². The van der Waals surface area contributed by atoms with E-state index in [9.17, 15) is 4.79 Å². The largest absolute Gasteiger partial charge is 0.489 e. The van der Waals surface area contributed by atoms with E-state index in [0.29, 0.717) is 24.2 Å². The van der Waals surface area contributed by atoms with Crippen molar-refractivity contribution in [3.63, 3.8) is 0 Å². The van der Waals surface area contributed by atoms with Gasteiger partial charge in [0.2, 0.25) is 0 Å². The van der Waals surface area contributed by atoms with Gasteiger partial charge in [0.15, 0.2) is 0 Å². The lowest BCUT2D eigenvalue weighted by Crippen LogP contribution is -2.17. The van der Waals surface area contributed by atoms with Crippen LogP contribution in [0.5, 0.6) is 5.75 Å². The number of ether oxygens (including phenoxy) is 1. The third-order valence-electron chi connectivity index (χ3n) is 6.76. The molecule has 0 unspecified atom stereocenters. The van der Waals surface area contributed by atoms with Crippen LogP contribution in [-0.4, -0.2) is 25.8 Å². The van der Waals surface area contributed by atoms with Gasteiger partial charge < -0.3 is 4.74 Å². The summed E-state index contributed by atoms with van der Waals surface area (Å²) < 4.78 is 7.37. The minimum absolute atomic E-state index is 0.137. The average molecular weight is 499 g/mol. The van der Waals surface area contributed by atoms with Crippen molar-refractivity contribution in [3.8, 4) is 11.4 Å². The number of pyridine rings is 2. The van der Waals surface area contributed by atoms with Crippen molar-refractivity contribution < 1.29 is 4.74 Å². The van der Waals surface area contributed by atoms with Crippen LogP contribution in [0.4, 0.5) is 0 Å². The Morgan fingerprint density at radius 2 is 1.72 bits per heavy atom. The van der Waals surface area contributed by atoms with Crippen LogP contribution in [0.1, 0.15) is 36.3 Å². The summed E-state index contributed by atoms with van der Waals surface area (Å²) in [5.74, 6) is 2.77. The van der Waals surface area contributed by atoms with E-state index in [2.05, 4.69) is 15.0 Å². The first-order valence-corrected chi connectivity index (χ1v) is 13.6. The summed E-state index contributed by atoms with van der Waals surface area (Å²) >= 11 is 1.67. The van der Waals surface area contributed by atoms with Gasteiger partial charge in [-0.05, 0) is 67.5 Å². The van der Waals surface area contributed by atoms with Crippen molar-refractivity contribution in [3.05, 3.63) is 107 Å². The highest BCUT2D eigenvalue weighted by Gasteiger charge is 2.26. The standard InChI is InChI=1S/C29H30N4O2S/c1-36-27-18-31-28(32-19-27)15-23-8-7-22(13-23)14-24-9-10-25(17-30-24)33-12-11-26(16-29(33)34)35-20-21-5-3-2-4-6-21/h2-6,9-12,16-19,22-23H,7-8,13-15,20H2,1H3/t22-,23-/m0/s1. The van der Waals surface area contributed by atoms with Crippen molar-refractivity contribution in [2.45, 2.75) is 43.6 Å². The highest BCUT2D eigenvalue weighted by Crippen LogP contribution is 2.34. The number of benzene rings is 1. The quantitative estimate of drug-likeness (QED) is 0.283. The van der Waals surface area contributed by atoms with E-state index < -0.39 is 0 Å². The number of aromatic nitrogens is 4. The second-order valence-corrected chi connectivity index (χ2v) is 10.2. The molecule has 4 aromatic rings. The molecule has 1 aromatic carbocycles. The van der Waals surface area contributed by atoms with E-state index >= 15 is 0 Å². The minimum Gasteiger partial charge on any atom is -0.489 e.